The molecule has 1 amide bonds. The molecule has 0 radical (unpaired) electrons. The highest BCUT2D eigenvalue weighted by atomic mass is 32.1. The number of piperidine rings is 1. The van der Waals surface area contributed by atoms with Crippen molar-refractivity contribution in [2.75, 3.05) is 23.3 Å². The Morgan fingerprint density at radius 3 is 2.90 bits per heavy atom. The maximum absolute atomic E-state index is 12.8. The fourth-order valence-electron chi connectivity index (χ4n) is 3.60. The lowest BCUT2D eigenvalue weighted by Gasteiger charge is -2.32. The van der Waals surface area contributed by atoms with Crippen LogP contribution in [-0.4, -0.2) is 43.8 Å². The summed E-state index contributed by atoms with van der Waals surface area (Å²) >= 11 is 1.59. The Kier molecular flexibility index (Phi) is 4.65. The van der Waals surface area contributed by atoms with E-state index in [0.29, 0.717) is 0 Å². The molecule has 4 aromatic rings. The molecule has 0 spiro atoms. The van der Waals surface area contributed by atoms with E-state index >= 15 is 0 Å². The monoisotopic (exact) mass is 405 g/mol. The Balaban J connectivity index is 1.22. The second kappa shape index (κ2) is 7.59. The number of benzene rings is 1. The van der Waals surface area contributed by atoms with Gasteiger partial charge in [0.2, 0.25) is 5.91 Å². The summed E-state index contributed by atoms with van der Waals surface area (Å²) in [5, 5.41) is 18.4. The van der Waals surface area contributed by atoms with Crippen molar-refractivity contribution >= 4 is 34.4 Å². The first kappa shape index (κ1) is 17.7. The second-order valence-electron chi connectivity index (χ2n) is 6.99. The van der Waals surface area contributed by atoms with Crippen LogP contribution in [0.1, 0.15) is 12.8 Å². The standard InChI is InChI=1S/C20H19N7OS/c28-19(23-16-3-1-2-15(12-16)20-21-8-11-29-20)14-6-9-26(10-7-14)18-5-4-17-24-22-13-27(17)25-18/h1-5,8,11-14H,6-7,9-10H2,(H,23,28). The molecule has 1 fully saturated rings. The number of nitrogens with zero attached hydrogens (tertiary/aromatic N) is 6. The minimum absolute atomic E-state index is 0.00610. The largest absolute Gasteiger partial charge is 0.355 e. The van der Waals surface area contributed by atoms with Gasteiger partial charge in [-0.15, -0.1) is 26.6 Å². The van der Waals surface area contributed by atoms with Gasteiger partial charge in [0, 0.05) is 41.8 Å². The maximum Gasteiger partial charge on any atom is 0.227 e. The van der Waals surface area contributed by atoms with Crippen LogP contribution in [0.5, 0.6) is 0 Å². The molecule has 8 nitrogen and oxygen atoms in total. The van der Waals surface area contributed by atoms with Crippen LogP contribution in [-0.2, 0) is 4.79 Å². The van der Waals surface area contributed by atoms with Crippen molar-refractivity contribution in [2.24, 2.45) is 5.92 Å². The predicted octanol–water partition coefficient (Wildman–Crippen LogP) is 3.10. The van der Waals surface area contributed by atoms with Crippen molar-refractivity contribution in [1.29, 1.82) is 0 Å². The number of hydrogen-bond acceptors (Lipinski definition) is 7. The Labute approximate surface area is 171 Å². The molecule has 146 valence electrons. The van der Waals surface area contributed by atoms with Crippen molar-refractivity contribution in [3.8, 4) is 10.6 Å². The average molecular weight is 405 g/mol. The number of carbonyl (C=O) groups excluding carboxylic acids is 1. The van der Waals surface area contributed by atoms with Crippen LogP contribution in [0.3, 0.4) is 0 Å². The van der Waals surface area contributed by atoms with Crippen LogP contribution >= 0.6 is 11.3 Å². The fraction of sp³-hybridized carbons (Fsp3) is 0.250. The van der Waals surface area contributed by atoms with E-state index in [-0.39, 0.29) is 11.8 Å². The van der Waals surface area contributed by atoms with Crippen molar-refractivity contribution in [1.82, 2.24) is 24.8 Å². The minimum atomic E-state index is -0.00610. The Bertz CT molecular complexity index is 1130. The molecule has 1 saturated heterocycles. The van der Waals surface area contributed by atoms with Crippen LogP contribution in [0.2, 0.25) is 0 Å². The molecule has 3 aromatic heterocycles. The van der Waals surface area contributed by atoms with Crippen LogP contribution in [0, 0.1) is 5.92 Å². The molecule has 0 aliphatic carbocycles. The van der Waals surface area contributed by atoms with Crippen molar-refractivity contribution in [3.05, 3.63) is 54.3 Å². The van der Waals surface area contributed by atoms with E-state index in [1.807, 2.05) is 41.8 Å². The summed E-state index contributed by atoms with van der Waals surface area (Å²) < 4.78 is 1.67. The van der Waals surface area contributed by atoms with E-state index < -0.39 is 0 Å². The lowest BCUT2D eigenvalue weighted by Crippen LogP contribution is -2.38. The molecular weight excluding hydrogens is 386 g/mol. The second-order valence-corrected chi connectivity index (χ2v) is 7.89. The summed E-state index contributed by atoms with van der Waals surface area (Å²) in [6, 6.07) is 11.7. The Morgan fingerprint density at radius 1 is 1.17 bits per heavy atom. The molecular formula is C20H19N7OS. The molecule has 1 aliphatic heterocycles. The minimum Gasteiger partial charge on any atom is -0.355 e. The molecule has 0 bridgehead atoms. The van der Waals surface area contributed by atoms with Crippen molar-refractivity contribution < 1.29 is 4.79 Å². The molecule has 5 rings (SSSR count). The van der Waals surface area contributed by atoms with E-state index in [9.17, 15) is 4.79 Å². The van der Waals surface area contributed by atoms with Crippen molar-refractivity contribution in [3.63, 3.8) is 0 Å². The quantitative estimate of drug-likeness (QED) is 0.561. The molecule has 0 saturated carbocycles. The van der Waals surface area contributed by atoms with Gasteiger partial charge >= 0.3 is 0 Å². The first-order chi connectivity index (χ1) is 14.3. The van der Waals surface area contributed by atoms with Crippen LogP contribution in [0.4, 0.5) is 11.5 Å². The summed E-state index contributed by atoms with van der Waals surface area (Å²) in [7, 11) is 0. The molecule has 1 aromatic carbocycles. The van der Waals surface area contributed by atoms with Gasteiger partial charge in [-0.05, 0) is 37.1 Å². The number of fused-ring (bicyclic) bond motifs is 1. The third-order valence-electron chi connectivity index (χ3n) is 5.15. The van der Waals surface area contributed by atoms with E-state index in [4.69, 9.17) is 0 Å². The smallest absolute Gasteiger partial charge is 0.227 e. The van der Waals surface area contributed by atoms with Gasteiger partial charge in [-0.2, -0.15) is 4.52 Å². The zero-order valence-electron chi connectivity index (χ0n) is 15.6. The highest BCUT2D eigenvalue weighted by Gasteiger charge is 2.26. The zero-order valence-corrected chi connectivity index (χ0v) is 16.4. The SMILES string of the molecule is O=C(Nc1cccc(-c2nccs2)c1)C1CCN(c2ccc3nncn3n2)CC1. The third-order valence-corrected chi connectivity index (χ3v) is 5.97. The predicted molar refractivity (Wildman–Crippen MR) is 112 cm³/mol. The van der Waals surface area contributed by atoms with Gasteiger partial charge in [0.1, 0.15) is 17.2 Å². The molecule has 1 N–H and O–H groups in total. The Hall–Kier alpha value is -3.33. The lowest BCUT2D eigenvalue weighted by molar-refractivity contribution is -0.120. The van der Waals surface area contributed by atoms with Gasteiger partial charge in [-0.25, -0.2) is 4.98 Å². The van der Waals surface area contributed by atoms with E-state index in [0.717, 1.165) is 53.7 Å². The molecule has 1 aliphatic rings. The van der Waals surface area contributed by atoms with Crippen molar-refractivity contribution in [2.45, 2.75) is 12.8 Å². The first-order valence-electron chi connectivity index (χ1n) is 9.49. The summed E-state index contributed by atoms with van der Waals surface area (Å²) in [5.74, 6) is 0.948. The molecule has 4 heterocycles. The van der Waals surface area contributed by atoms with E-state index in [2.05, 4.69) is 30.5 Å². The van der Waals surface area contributed by atoms with Crippen LogP contribution in [0.15, 0.2) is 54.3 Å². The summed E-state index contributed by atoms with van der Waals surface area (Å²) in [4.78, 5) is 19.3. The van der Waals surface area contributed by atoms with Gasteiger partial charge in [-0.1, -0.05) is 12.1 Å². The van der Waals surface area contributed by atoms with E-state index in [1.54, 1.807) is 28.4 Å². The number of nitrogens with one attached hydrogen (secondary N) is 1. The third kappa shape index (κ3) is 3.68. The van der Waals surface area contributed by atoms with Gasteiger partial charge in [0.15, 0.2) is 5.65 Å². The normalized spacial score (nSPS) is 15.0. The average Bonchev–Trinajstić information content (AvgIpc) is 3.45. The zero-order chi connectivity index (χ0) is 19.6. The van der Waals surface area contributed by atoms with Gasteiger partial charge < -0.3 is 10.2 Å². The fourth-order valence-corrected chi connectivity index (χ4v) is 4.23. The van der Waals surface area contributed by atoms with Crippen LogP contribution < -0.4 is 10.2 Å². The van der Waals surface area contributed by atoms with Gasteiger partial charge in [0.05, 0.1) is 0 Å². The highest BCUT2D eigenvalue weighted by molar-refractivity contribution is 7.13. The number of amides is 1. The maximum atomic E-state index is 12.8. The van der Waals surface area contributed by atoms with Gasteiger partial charge in [-0.3, -0.25) is 4.79 Å². The number of rotatable bonds is 4. The summed E-state index contributed by atoms with van der Waals surface area (Å²) in [6.07, 6.45) is 4.97. The Morgan fingerprint density at radius 2 is 2.07 bits per heavy atom. The van der Waals surface area contributed by atoms with E-state index in [1.165, 1.54) is 0 Å². The number of aromatic nitrogens is 5. The molecule has 9 heteroatoms. The number of thiazole rings is 1. The first-order valence-corrected chi connectivity index (χ1v) is 10.4. The highest BCUT2D eigenvalue weighted by Crippen LogP contribution is 2.26. The summed E-state index contributed by atoms with van der Waals surface area (Å²) in [6.45, 7) is 1.58. The number of carbonyl (C=O) groups is 1. The molecule has 0 atom stereocenters. The summed E-state index contributed by atoms with van der Waals surface area (Å²) in [5.41, 5.74) is 2.55. The molecule has 0 unspecified atom stereocenters. The number of hydrogen-bond donors (Lipinski definition) is 1. The van der Waals surface area contributed by atoms with Gasteiger partial charge in [0.25, 0.3) is 0 Å². The topological polar surface area (TPSA) is 88.3 Å². The molecule has 29 heavy (non-hydrogen) atoms. The number of anilines is 2. The van der Waals surface area contributed by atoms with Crippen LogP contribution in [0.25, 0.3) is 16.2 Å². The lowest BCUT2D eigenvalue weighted by atomic mass is 9.95.